The van der Waals surface area contributed by atoms with Gasteiger partial charge in [0.15, 0.2) is 0 Å². The van der Waals surface area contributed by atoms with E-state index in [0.717, 1.165) is 11.8 Å². The summed E-state index contributed by atoms with van der Waals surface area (Å²) in [5.41, 5.74) is 0. The fourth-order valence-electron chi connectivity index (χ4n) is 1.54. The highest BCUT2D eigenvalue weighted by molar-refractivity contribution is 4.70. The highest BCUT2D eigenvalue weighted by Crippen LogP contribution is 2.15. The molecule has 0 aliphatic carbocycles. The maximum atomic E-state index is 3.57. The Morgan fingerprint density at radius 3 is 1.77 bits per heavy atom. The summed E-state index contributed by atoms with van der Waals surface area (Å²) in [5, 5.41) is 3.57. The molecule has 0 saturated carbocycles. The van der Waals surface area contributed by atoms with Crippen molar-refractivity contribution in [2.75, 3.05) is 0 Å². The minimum absolute atomic E-state index is 0.608. The molecule has 2 unspecified atom stereocenters. The van der Waals surface area contributed by atoms with E-state index in [1.54, 1.807) is 0 Å². The zero-order valence-corrected chi connectivity index (χ0v) is 10.2. The van der Waals surface area contributed by atoms with Crippen LogP contribution < -0.4 is 5.32 Å². The van der Waals surface area contributed by atoms with Gasteiger partial charge in [0, 0.05) is 12.1 Å². The van der Waals surface area contributed by atoms with Gasteiger partial charge < -0.3 is 5.32 Å². The van der Waals surface area contributed by atoms with E-state index in [-0.39, 0.29) is 0 Å². The average molecular weight is 185 g/mol. The molecular weight excluding hydrogens is 158 g/mol. The monoisotopic (exact) mass is 185 g/mol. The Morgan fingerprint density at radius 2 is 1.38 bits per heavy atom. The summed E-state index contributed by atoms with van der Waals surface area (Å²) in [6.07, 6.45) is 2.70. The van der Waals surface area contributed by atoms with Gasteiger partial charge in [-0.25, -0.2) is 0 Å². The second-order valence-corrected chi connectivity index (χ2v) is 5.06. The van der Waals surface area contributed by atoms with Crippen LogP contribution in [0, 0.1) is 11.8 Å². The topological polar surface area (TPSA) is 12.0 Å². The molecule has 0 aliphatic rings. The van der Waals surface area contributed by atoms with E-state index in [2.05, 4.69) is 46.9 Å². The summed E-state index contributed by atoms with van der Waals surface area (Å²) in [6, 6.07) is 1.26. The predicted octanol–water partition coefficient (Wildman–Crippen LogP) is 3.45. The van der Waals surface area contributed by atoms with Crippen LogP contribution in [-0.2, 0) is 0 Å². The SMILES string of the molecule is CC(C)CCC(C)C(C)NC(C)C. The van der Waals surface area contributed by atoms with E-state index < -0.39 is 0 Å². The lowest BCUT2D eigenvalue weighted by Gasteiger charge is -2.24. The summed E-state index contributed by atoms with van der Waals surface area (Å²) in [7, 11) is 0. The minimum Gasteiger partial charge on any atom is -0.312 e. The third kappa shape index (κ3) is 7.06. The Labute approximate surface area is 84.3 Å². The Kier molecular flexibility index (Phi) is 6.40. The highest BCUT2D eigenvalue weighted by Gasteiger charge is 2.12. The van der Waals surface area contributed by atoms with Crippen molar-refractivity contribution in [3.05, 3.63) is 0 Å². The van der Waals surface area contributed by atoms with E-state index in [1.165, 1.54) is 12.8 Å². The summed E-state index contributed by atoms with van der Waals surface area (Å²) in [6.45, 7) is 13.7. The maximum Gasteiger partial charge on any atom is 0.00667 e. The van der Waals surface area contributed by atoms with Crippen LogP contribution in [0.25, 0.3) is 0 Å². The molecule has 80 valence electrons. The average Bonchev–Trinajstić information content (AvgIpc) is 1.98. The van der Waals surface area contributed by atoms with Gasteiger partial charge in [0.05, 0.1) is 0 Å². The molecule has 0 saturated heterocycles. The van der Waals surface area contributed by atoms with Crippen LogP contribution in [0.2, 0.25) is 0 Å². The molecule has 0 rings (SSSR count). The van der Waals surface area contributed by atoms with Crippen molar-refractivity contribution in [1.82, 2.24) is 5.32 Å². The number of hydrogen-bond donors (Lipinski definition) is 1. The van der Waals surface area contributed by atoms with Crippen molar-refractivity contribution in [3.63, 3.8) is 0 Å². The van der Waals surface area contributed by atoms with Gasteiger partial charge in [-0.1, -0.05) is 41.0 Å². The lowest BCUT2D eigenvalue weighted by atomic mass is 9.94. The van der Waals surface area contributed by atoms with Gasteiger partial charge in [-0.3, -0.25) is 0 Å². The van der Waals surface area contributed by atoms with Crippen LogP contribution in [0.5, 0.6) is 0 Å². The zero-order chi connectivity index (χ0) is 10.4. The Hall–Kier alpha value is -0.0400. The van der Waals surface area contributed by atoms with Crippen molar-refractivity contribution in [2.24, 2.45) is 11.8 Å². The lowest BCUT2D eigenvalue weighted by Crippen LogP contribution is -2.37. The van der Waals surface area contributed by atoms with Crippen molar-refractivity contribution in [2.45, 2.75) is 66.5 Å². The van der Waals surface area contributed by atoms with E-state index in [4.69, 9.17) is 0 Å². The molecule has 0 aromatic heterocycles. The van der Waals surface area contributed by atoms with Crippen molar-refractivity contribution in [1.29, 1.82) is 0 Å². The van der Waals surface area contributed by atoms with Crippen LogP contribution >= 0.6 is 0 Å². The second kappa shape index (κ2) is 6.42. The quantitative estimate of drug-likeness (QED) is 0.668. The molecular formula is C12H27N. The first-order valence-electron chi connectivity index (χ1n) is 5.69. The Morgan fingerprint density at radius 1 is 0.846 bits per heavy atom. The van der Waals surface area contributed by atoms with E-state index in [1.807, 2.05) is 0 Å². The van der Waals surface area contributed by atoms with Crippen LogP contribution in [0.1, 0.15) is 54.4 Å². The largest absolute Gasteiger partial charge is 0.312 e. The minimum atomic E-state index is 0.608. The van der Waals surface area contributed by atoms with Crippen LogP contribution in [0.4, 0.5) is 0 Å². The van der Waals surface area contributed by atoms with E-state index >= 15 is 0 Å². The molecule has 0 spiro atoms. The lowest BCUT2D eigenvalue weighted by molar-refractivity contribution is 0.335. The first kappa shape index (κ1) is 13.0. The zero-order valence-electron chi connectivity index (χ0n) is 10.2. The van der Waals surface area contributed by atoms with Gasteiger partial charge in [0.25, 0.3) is 0 Å². The van der Waals surface area contributed by atoms with E-state index in [0.29, 0.717) is 12.1 Å². The molecule has 2 atom stereocenters. The molecule has 0 heterocycles. The molecule has 0 aromatic carbocycles. The summed E-state index contributed by atoms with van der Waals surface area (Å²) < 4.78 is 0. The maximum absolute atomic E-state index is 3.57. The predicted molar refractivity (Wildman–Crippen MR) is 61.0 cm³/mol. The standard InChI is InChI=1S/C12H27N/c1-9(2)7-8-11(5)12(6)13-10(3)4/h9-13H,7-8H2,1-6H3. The number of hydrogen-bond acceptors (Lipinski definition) is 1. The van der Waals surface area contributed by atoms with Crippen LogP contribution in [-0.4, -0.2) is 12.1 Å². The van der Waals surface area contributed by atoms with Crippen molar-refractivity contribution in [3.8, 4) is 0 Å². The molecule has 1 nitrogen and oxygen atoms in total. The van der Waals surface area contributed by atoms with Gasteiger partial charge in [-0.05, 0) is 25.2 Å². The molecule has 13 heavy (non-hydrogen) atoms. The molecule has 0 bridgehead atoms. The Bertz CT molecular complexity index is 118. The molecule has 0 fully saturated rings. The van der Waals surface area contributed by atoms with Gasteiger partial charge in [0.1, 0.15) is 0 Å². The van der Waals surface area contributed by atoms with Crippen molar-refractivity contribution < 1.29 is 0 Å². The number of nitrogens with one attached hydrogen (secondary N) is 1. The number of rotatable bonds is 6. The summed E-state index contributed by atoms with van der Waals surface area (Å²) >= 11 is 0. The van der Waals surface area contributed by atoms with Crippen LogP contribution in [0.3, 0.4) is 0 Å². The van der Waals surface area contributed by atoms with Gasteiger partial charge in [0.2, 0.25) is 0 Å². The molecule has 1 heteroatoms. The molecule has 0 amide bonds. The van der Waals surface area contributed by atoms with Gasteiger partial charge >= 0.3 is 0 Å². The summed E-state index contributed by atoms with van der Waals surface area (Å²) in [5.74, 6) is 1.64. The van der Waals surface area contributed by atoms with Gasteiger partial charge in [-0.15, -0.1) is 0 Å². The highest BCUT2D eigenvalue weighted by atomic mass is 14.9. The second-order valence-electron chi connectivity index (χ2n) is 5.06. The third-order valence-corrected chi connectivity index (χ3v) is 2.65. The Balaban J connectivity index is 3.62. The van der Waals surface area contributed by atoms with Crippen LogP contribution in [0.15, 0.2) is 0 Å². The van der Waals surface area contributed by atoms with E-state index in [9.17, 15) is 0 Å². The molecule has 0 radical (unpaired) electrons. The van der Waals surface area contributed by atoms with Gasteiger partial charge in [-0.2, -0.15) is 0 Å². The fraction of sp³-hybridized carbons (Fsp3) is 1.00. The first-order valence-corrected chi connectivity index (χ1v) is 5.69. The fourth-order valence-corrected chi connectivity index (χ4v) is 1.54. The third-order valence-electron chi connectivity index (χ3n) is 2.65. The molecule has 0 aromatic rings. The first-order chi connectivity index (χ1) is 5.93. The normalized spacial score (nSPS) is 16.6. The smallest absolute Gasteiger partial charge is 0.00667 e. The summed E-state index contributed by atoms with van der Waals surface area (Å²) in [4.78, 5) is 0. The molecule has 0 aliphatic heterocycles. The van der Waals surface area contributed by atoms with Crippen molar-refractivity contribution >= 4 is 0 Å². The molecule has 1 N–H and O–H groups in total.